The molecule has 0 saturated heterocycles. The molecule has 5 nitrogen and oxygen atoms in total. The maximum atomic E-state index is 12.4. The van der Waals surface area contributed by atoms with E-state index < -0.39 is 0 Å². The van der Waals surface area contributed by atoms with E-state index in [1.165, 1.54) is 0 Å². The lowest BCUT2D eigenvalue weighted by Crippen LogP contribution is -2.26. The summed E-state index contributed by atoms with van der Waals surface area (Å²) in [6, 6.07) is 10.8. The van der Waals surface area contributed by atoms with E-state index in [4.69, 9.17) is 4.74 Å². The van der Waals surface area contributed by atoms with Gasteiger partial charge in [0.25, 0.3) is 5.91 Å². The summed E-state index contributed by atoms with van der Waals surface area (Å²) in [5.74, 6) is 1.34. The summed E-state index contributed by atoms with van der Waals surface area (Å²) >= 11 is 0. The molecule has 0 aliphatic rings. The first kappa shape index (κ1) is 13.9. The highest BCUT2D eigenvalue weighted by Crippen LogP contribution is 2.20. The second kappa shape index (κ2) is 6.06. The Morgan fingerprint density at radius 2 is 1.95 bits per heavy atom. The number of rotatable bonds is 4. The van der Waals surface area contributed by atoms with Gasteiger partial charge < -0.3 is 15.0 Å². The van der Waals surface area contributed by atoms with Crippen LogP contribution in [0.4, 0.5) is 11.5 Å². The van der Waals surface area contributed by atoms with Crippen LogP contribution in [0.5, 0.6) is 5.75 Å². The van der Waals surface area contributed by atoms with Crippen molar-refractivity contribution < 1.29 is 9.53 Å². The number of hydrogen-bond acceptors (Lipinski definition) is 4. The molecule has 1 aromatic carbocycles. The van der Waals surface area contributed by atoms with Crippen LogP contribution in [-0.2, 0) is 0 Å². The molecular formula is C15H17N3O2. The number of methoxy groups -OCH3 is 1. The average Bonchev–Trinajstić information content (AvgIpc) is 2.53. The Balaban J connectivity index is 2.22. The van der Waals surface area contributed by atoms with Crippen LogP contribution in [-0.4, -0.2) is 32.1 Å². The molecule has 0 radical (unpaired) electrons. The van der Waals surface area contributed by atoms with E-state index >= 15 is 0 Å². The van der Waals surface area contributed by atoms with Gasteiger partial charge in [0.2, 0.25) is 0 Å². The van der Waals surface area contributed by atoms with E-state index in [0.717, 1.165) is 11.4 Å². The highest BCUT2D eigenvalue weighted by molar-refractivity contribution is 6.06. The zero-order valence-electron chi connectivity index (χ0n) is 11.8. The predicted molar refractivity (Wildman–Crippen MR) is 79.5 cm³/mol. The van der Waals surface area contributed by atoms with Gasteiger partial charge >= 0.3 is 0 Å². The van der Waals surface area contributed by atoms with Crippen molar-refractivity contribution >= 4 is 17.4 Å². The van der Waals surface area contributed by atoms with Gasteiger partial charge in [-0.3, -0.25) is 4.79 Å². The van der Waals surface area contributed by atoms with Crippen molar-refractivity contribution in [3.63, 3.8) is 0 Å². The van der Waals surface area contributed by atoms with Crippen LogP contribution in [0.25, 0.3) is 0 Å². The zero-order chi connectivity index (χ0) is 14.5. The molecule has 1 N–H and O–H groups in total. The molecule has 0 fully saturated rings. The maximum absolute atomic E-state index is 12.4. The van der Waals surface area contributed by atoms with Crippen LogP contribution in [0.15, 0.2) is 42.6 Å². The molecule has 0 saturated carbocycles. The first-order valence-corrected chi connectivity index (χ1v) is 6.21. The highest BCUT2D eigenvalue weighted by atomic mass is 16.5. The van der Waals surface area contributed by atoms with Gasteiger partial charge in [0, 0.05) is 31.5 Å². The van der Waals surface area contributed by atoms with Crippen molar-refractivity contribution in [3.05, 3.63) is 48.2 Å². The number of pyridine rings is 1. The fourth-order valence-electron chi connectivity index (χ4n) is 1.82. The quantitative estimate of drug-likeness (QED) is 0.927. The summed E-state index contributed by atoms with van der Waals surface area (Å²) in [5.41, 5.74) is 1.39. The number of aromatic nitrogens is 1. The zero-order valence-corrected chi connectivity index (χ0v) is 11.8. The van der Waals surface area contributed by atoms with Gasteiger partial charge in [-0.05, 0) is 36.4 Å². The molecule has 104 valence electrons. The van der Waals surface area contributed by atoms with Crippen molar-refractivity contribution in [2.24, 2.45) is 0 Å². The Morgan fingerprint density at radius 1 is 1.25 bits per heavy atom. The smallest absolute Gasteiger partial charge is 0.258 e. The summed E-state index contributed by atoms with van der Waals surface area (Å²) < 4.78 is 5.10. The Bertz CT molecular complexity index is 596. The number of carbonyl (C=O) groups is 1. The molecule has 1 aromatic heterocycles. The average molecular weight is 271 g/mol. The van der Waals surface area contributed by atoms with E-state index in [9.17, 15) is 4.79 Å². The molecule has 5 heteroatoms. The SMILES string of the molecule is CNc1cc(C(=O)N(C)c2ccc(OC)cc2)ccn1. The number of benzene rings is 1. The molecule has 0 aliphatic carbocycles. The number of nitrogens with one attached hydrogen (secondary N) is 1. The highest BCUT2D eigenvalue weighted by Gasteiger charge is 2.14. The van der Waals surface area contributed by atoms with Crippen molar-refractivity contribution in [1.82, 2.24) is 4.98 Å². The first-order valence-electron chi connectivity index (χ1n) is 6.21. The van der Waals surface area contributed by atoms with Crippen LogP contribution >= 0.6 is 0 Å². The summed E-state index contributed by atoms with van der Waals surface area (Å²) in [4.78, 5) is 18.1. The number of nitrogens with zero attached hydrogens (tertiary/aromatic N) is 2. The molecular weight excluding hydrogens is 254 g/mol. The molecule has 1 heterocycles. The summed E-state index contributed by atoms with van der Waals surface area (Å²) in [6.45, 7) is 0. The second-order valence-electron chi connectivity index (χ2n) is 4.24. The van der Waals surface area contributed by atoms with Crippen LogP contribution in [0.2, 0.25) is 0 Å². The van der Waals surface area contributed by atoms with Gasteiger partial charge in [-0.1, -0.05) is 0 Å². The number of carbonyl (C=O) groups excluding carboxylic acids is 1. The summed E-state index contributed by atoms with van der Waals surface area (Å²) in [6.07, 6.45) is 1.61. The lowest BCUT2D eigenvalue weighted by Gasteiger charge is -2.18. The second-order valence-corrected chi connectivity index (χ2v) is 4.24. The molecule has 0 aliphatic heterocycles. The Labute approximate surface area is 118 Å². The molecule has 1 amide bonds. The predicted octanol–water partition coefficient (Wildman–Crippen LogP) is 2.41. The monoisotopic (exact) mass is 271 g/mol. The number of anilines is 2. The number of amides is 1. The third kappa shape index (κ3) is 2.88. The lowest BCUT2D eigenvalue weighted by atomic mass is 10.2. The van der Waals surface area contributed by atoms with E-state index in [2.05, 4.69) is 10.3 Å². The van der Waals surface area contributed by atoms with Crippen molar-refractivity contribution in [2.45, 2.75) is 0 Å². The third-order valence-electron chi connectivity index (χ3n) is 3.03. The molecule has 0 spiro atoms. The van der Waals surface area contributed by atoms with E-state index in [1.54, 1.807) is 44.4 Å². The molecule has 20 heavy (non-hydrogen) atoms. The largest absolute Gasteiger partial charge is 0.497 e. The minimum Gasteiger partial charge on any atom is -0.497 e. The maximum Gasteiger partial charge on any atom is 0.258 e. The normalized spacial score (nSPS) is 9.95. The van der Waals surface area contributed by atoms with Crippen LogP contribution < -0.4 is 15.0 Å². The van der Waals surface area contributed by atoms with Gasteiger partial charge in [-0.25, -0.2) is 4.98 Å². The van der Waals surface area contributed by atoms with Crippen molar-refractivity contribution in [1.29, 1.82) is 0 Å². The van der Waals surface area contributed by atoms with Gasteiger partial charge in [0.15, 0.2) is 0 Å². The van der Waals surface area contributed by atoms with Crippen molar-refractivity contribution in [2.75, 3.05) is 31.4 Å². The summed E-state index contributed by atoms with van der Waals surface area (Å²) in [5, 5.41) is 2.92. The van der Waals surface area contributed by atoms with Gasteiger partial charge in [0.05, 0.1) is 7.11 Å². The van der Waals surface area contributed by atoms with Crippen LogP contribution in [0.3, 0.4) is 0 Å². The minimum absolute atomic E-state index is 0.0888. The Kier molecular flexibility index (Phi) is 4.20. The Morgan fingerprint density at radius 3 is 2.55 bits per heavy atom. The van der Waals surface area contributed by atoms with E-state index in [0.29, 0.717) is 11.4 Å². The molecule has 0 bridgehead atoms. The van der Waals surface area contributed by atoms with Gasteiger partial charge in [0.1, 0.15) is 11.6 Å². The molecule has 0 unspecified atom stereocenters. The van der Waals surface area contributed by atoms with Crippen molar-refractivity contribution in [3.8, 4) is 5.75 Å². The van der Waals surface area contributed by atoms with Gasteiger partial charge in [-0.15, -0.1) is 0 Å². The third-order valence-corrected chi connectivity index (χ3v) is 3.03. The lowest BCUT2D eigenvalue weighted by molar-refractivity contribution is 0.0993. The fourth-order valence-corrected chi connectivity index (χ4v) is 1.82. The van der Waals surface area contributed by atoms with E-state index in [1.807, 2.05) is 24.3 Å². The van der Waals surface area contributed by atoms with Gasteiger partial charge in [-0.2, -0.15) is 0 Å². The number of hydrogen-bond donors (Lipinski definition) is 1. The standard InChI is InChI=1S/C15H17N3O2/c1-16-14-10-11(8-9-17-14)15(19)18(2)12-4-6-13(20-3)7-5-12/h4-10H,1-3H3,(H,16,17). The molecule has 0 atom stereocenters. The molecule has 2 rings (SSSR count). The van der Waals surface area contributed by atoms with Crippen LogP contribution in [0.1, 0.15) is 10.4 Å². The first-order chi connectivity index (χ1) is 9.65. The summed E-state index contributed by atoms with van der Waals surface area (Å²) in [7, 11) is 5.12. The number of ether oxygens (including phenoxy) is 1. The Hall–Kier alpha value is -2.56. The fraction of sp³-hybridized carbons (Fsp3) is 0.200. The minimum atomic E-state index is -0.0888. The van der Waals surface area contributed by atoms with Crippen LogP contribution in [0, 0.1) is 0 Å². The topological polar surface area (TPSA) is 54.5 Å². The van der Waals surface area contributed by atoms with E-state index in [-0.39, 0.29) is 5.91 Å². The molecule has 2 aromatic rings.